The van der Waals surface area contributed by atoms with Gasteiger partial charge < -0.3 is 14.7 Å². The van der Waals surface area contributed by atoms with Crippen LogP contribution in [0, 0.1) is 0 Å². The van der Waals surface area contributed by atoms with Crippen molar-refractivity contribution in [2.24, 2.45) is 0 Å². The molecule has 0 amide bonds. The number of likely N-dealkylation sites (tertiary alicyclic amines) is 1. The molecule has 2 saturated heterocycles. The predicted molar refractivity (Wildman–Crippen MR) is 73.5 cm³/mol. The molecule has 2 rings (SSSR count). The first-order valence-electron chi connectivity index (χ1n) is 7.48. The molecule has 3 heteroatoms. The van der Waals surface area contributed by atoms with Gasteiger partial charge in [0.2, 0.25) is 0 Å². The van der Waals surface area contributed by atoms with E-state index in [1.165, 1.54) is 84.5 Å². The molecular formula is C14H29N3. The van der Waals surface area contributed by atoms with Crippen molar-refractivity contribution < 1.29 is 0 Å². The van der Waals surface area contributed by atoms with Crippen LogP contribution < -0.4 is 0 Å². The van der Waals surface area contributed by atoms with Gasteiger partial charge in [0, 0.05) is 26.2 Å². The molecule has 0 bridgehead atoms. The van der Waals surface area contributed by atoms with E-state index in [0.717, 1.165) is 0 Å². The monoisotopic (exact) mass is 239 g/mol. The minimum atomic E-state index is 1.26. The molecule has 2 fully saturated rings. The highest BCUT2D eigenvalue weighted by atomic mass is 15.2. The number of likely N-dealkylation sites (N-methyl/N-ethyl adjacent to an activating group) is 1. The van der Waals surface area contributed by atoms with Crippen LogP contribution in [-0.4, -0.2) is 74.1 Å². The predicted octanol–water partition coefficient (Wildman–Crippen LogP) is 1.50. The number of unbranched alkanes of at least 4 members (excludes halogenated alkanes) is 1. The second-order valence-electron chi connectivity index (χ2n) is 5.75. The molecule has 0 atom stereocenters. The fraction of sp³-hybridized carbons (Fsp3) is 1.00. The lowest BCUT2D eigenvalue weighted by Crippen LogP contribution is -2.44. The van der Waals surface area contributed by atoms with Crippen molar-refractivity contribution in [3.8, 4) is 0 Å². The lowest BCUT2D eigenvalue weighted by atomic mass is 10.1. The first kappa shape index (κ1) is 13.3. The molecule has 0 aromatic rings. The van der Waals surface area contributed by atoms with E-state index in [1.807, 2.05) is 0 Å². The molecule has 0 aromatic heterocycles. The standard InChI is InChI=1S/C14H29N3/c1-15-11-13-17(14-12-15)10-6-5-9-16-7-3-2-4-8-16/h2-14H2,1H3. The summed E-state index contributed by atoms with van der Waals surface area (Å²) in [6, 6.07) is 0. The molecule has 0 unspecified atom stereocenters. The quantitative estimate of drug-likeness (QED) is 0.673. The highest BCUT2D eigenvalue weighted by Crippen LogP contribution is 2.09. The molecule has 3 nitrogen and oxygen atoms in total. The van der Waals surface area contributed by atoms with Crippen molar-refractivity contribution >= 4 is 0 Å². The maximum Gasteiger partial charge on any atom is 0.0110 e. The van der Waals surface area contributed by atoms with Gasteiger partial charge in [-0.2, -0.15) is 0 Å². The lowest BCUT2D eigenvalue weighted by Gasteiger charge is -2.32. The SMILES string of the molecule is CN1CCN(CCCCN2CCCCC2)CC1. The van der Waals surface area contributed by atoms with E-state index < -0.39 is 0 Å². The summed E-state index contributed by atoms with van der Waals surface area (Å²) in [5.74, 6) is 0. The zero-order valence-corrected chi connectivity index (χ0v) is 11.5. The Kier molecular flexibility index (Phi) is 5.75. The molecule has 0 spiro atoms. The average molecular weight is 239 g/mol. The van der Waals surface area contributed by atoms with Crippen LogP contribution in [0.5, 0.6) is 0 Å². The van der Waals surface area contributed by atoms with E-state index in [9.17, 15) is 0 Å². The molecule has 0 radical (unpaired) electrons. The van der Waals surface area contributed by atoms with Gasteiger partial charge >= 0.3 is 0 Å². The van der Waals surface area contributed by atoms with Gasteiger partial charge in [-0.1, -0.05) is 6.42 Å². The van der Waals surface area contributed by atoms with Crippen molar-refractivity contribution in [1.29, 1.82) is 0 Å². The summed E-state index contributed by atoms with van der Waals surface area (Å²) in [4.78, 5) is 7.73. The Morgan fingerprint density at radius 1 is 0.647 bits per heavy atom. The number of rotatable bonds is 5. The van der Waals surface area contributed by atoms with Gasteiger partial charge in [0.05, 0.1) is 0 Å². The molecule has 0 saturated carbocycles. The molecule has 0 aromatic carbocycles. The molecule has 2 aliphatic rings. The summed E-state index contributed by atoms with van der Waals surface area (Å²) in [5.41, 5.74) is 0. The first-order valence-corrected chi connectivity index (χ1v) is 7.48. The van der Waals surface area contributed by atoms with Gasteiger partial charge in [-0.3, -0.25) is 0 Å². The fourth-order valence-electron chi connectivity index (χ4n) is 2.93. The molecule has 0 N–H and O–H groups in total. The summed E-state index contributed by atoms with van der Waals surface area (Å²) in [7, 11) is 2.23. The van der Waals surface area contributed by atoms with Crippen LogP contribution in [-0.2, 0) is 0 Å². The Labute approximate surface area is 107 Å². The zero-order valence-electron chi connectivity index (χ0n) is 11.5. The Morgan fingerprint density at radius 2 is 1.18 bits per heavy atom. The van der Waals surface area contributed by atoms with E-state index >= 15 is 0 Å². The summed E-state index contributed by atoms with van der Waals surface area (Å²) >= 11 is 0. The smallest absolute Gasteiger partial charge is 0.0110 e. The van der Waals surface area contributed by atoms with Gasteiger partial charge in [-0.25, -0.2) is 0 Å². The summed E-state index contributed by atoms with van der Waals surface area (Å²) in [5, 5.41) is 0. The zero-order chi connectivity index (χ0) is 11.9. The van der Waals surface area contributed by atoms with Crippen molar-refractivity contribution in [3.05, 3.63) is 0 Å². The maximum absolute atomic E-state index is 2.66. The highest BCUT2D eigenvalue weighted by molar-refractivity contribution is 4.70. The third-order valence-electron chi connectivity index (χ3n) is 4.24. The molecule has 2 heterocycles. The molecule has 100 valence electrons. The number of piperazine rings is 1. The first-order chi connectivity index (χ1) is 8.34. The molecule has 2 aliphatic heterocycles. The van der Waals surface area contributed by atoms with Gasteiger partial charge in [0.25, 0.3) is 0 Å². The Balaban J connectivity index is 1.48. The van der Waals surface area contributed by atoms with E-state index in [1.54, 1.807) is 0 Å². The molecule has 0 aliphatic carbocycles. The van der Waals surface area contributed by atoms with E-state index in [0.29, 0.717) is 0 Å². The van der Waals surface area contributed by atoms with Crippen LogP contribution in [0.2, 0.25) is 0 Å². The van der Waals surface area contributed by atoms with Crippen LogP contribution in [0.15, 0.2) is 0 Å². The van der Waals surface area contributed by atoms with E-state index in [2.05, 4.69) is 21.7 Å². The normalized spacial score (nSPS) is 25.2. The minimum absolute atomic E-state index is 1.26. The summed E-state index contributed by atoms with van der Waals surface area (Å²) < 4.78 is 0. The Bertz CT molecular complexity index is 194. The second kappa shape index (κ2) is 7.34. The van der Waals surface area contributed by atoms with Crippen LogP contribution >= 0.6 is 0 Å². The van der Waals surface area contributed by atoms with Gasteiger partial charge in [-0.15, -0.1) is 0 Å². The largest absolute Gasteiger partial charge is 0.304 e. The summed E-state index contributed by atoms with van der Waals surface area (Å²) in [6.45, 7) is 10.4. The number of hydrogen-bond acceptors (Lipinski definition) is 3. The van der Waals surface area contributed by atoms with Crippen molar-refractivity contribution in [1.82, 2.24) is 14.7 Å². The average Bonchev–Trinajstić information content (AvgIpc) is 2.38. The number of nitrogens with zero attached hydrogens (tertiary/aromatic N) is 3. The van der Waals surface area contributed by atoms with Gasteiger partial charge in [-0.05, 0) is 58.9 Å². The fourth-order valence-corrected chi connectivity index (χ4v) is 2.93. The maximum atomic E-state index is 2.66. The number of piperidine rings is 1. The molecule has 17 heavy (non-hydrogen) atoms. The van der Waals surface area contributed by atoms with Crippen LogP contribution in [0.3, 0.4) is 0 Å². The van der Waals surface area contributed by atoms with Crippen molar-refractivity contribution in [2.75, 3.05) is 59.4 Å². The highest BCUT2D eigenvalue weighted by Gasteiger charge is 2.13. The minimum Gasteiger partial charge on any atom is -0.304 e. The van der Waals surface area contributed by atoms with Crippen LogP contribution in [0.4, 0.5) is 0 Å². The molecular weight excluding hydrogens is 210 g/mol. The van der Waals surface area contributed by atoms with E-state index in [-0.39, 0.29) is 0 Å². The second-order valence-corrected chi connectivity index (χ2v) is 5.75. The summed E-state index contributed by atoms with van der Waals surface area (Å²) in [6.07, 6.45) is 7.10. The third-order valence-corrected chi connectivity index (χ3v) is 4.24. The Hall–Kier alpha value is -0.120. The van der Waals surface area contributed by atoms with Gasteiger partial charge in [0.1, 0.15) is 0 Å². The van der Waals surface area contributed by atoms with Crippen LogP contribution in [0.1, 0.15) is 32.1 Å². The Morgan fingerprint density at radius 3 is 1.76 bits per heavy atom. The van der Waals surface area contributed by atoms with Gasteiger partial charge in [0.15, 0.2) is 0 Å². The van der Waals surface area contributed by atoms with Crippen molar-refractivity contribution in [3.63, 3.8) is 0 Å². The van der Waals surface area contributed by atoms with Crippen LogP contribution in [0.25, 0.3) is 0 Å². The topological polar surface area (TPSA) is 9.72 Å². The lowest BCUT2D eigenvalue weighted by molar-refractivity contribution is 0.148. The third kappa shape index (κ3) is 4.94. The number of hydrogen-bond donors (Lipinski definition) is 0. The van der Waals surface area contributed by atoms with E-state index in [4.69, 9.17) is 0 Å². The van der Waals surface area contributed by atoms with Crippen molar-refractivity contribution in [2.45, 2.75) is 32.1 Å².